The Bertz CT molecular complexity index is 527. The summed E-state index contributed by atoms with van der Waals surface area (Å²) in [6.07, 6.45) is 1.06. The molecule has 108 valence electrons. The molecule has 0 aliphatic heterocycles. The van der Waals surface area contributed by atoms with Gasteiger partial charge in [0.2, 0.25) is 10.0 Å². The summed E-state index contributed by atoms with van der Waals surface area (Å²) < 4.78 is 25.4. The van der Waals surface area contributed by atoms with Gasteiger partial charge in [-0.1, -0.05) is 26.3 Å². The van der Waals surface area contributed by atoms with Crippen LogP contribution in [0.25, 0.3) is 0 Å². The van der Waals surface area contributed by atoms with Crippen LogP contribution in [-0.4, -0.2) is 33.4 Å². The fourth-order valence-electron chi connectivity index (χ4n) is 1.55. The van der Waals surface area contributed by atoms with Crippen molar-refractivity contribution in [2.45, 2.75) is 25.2 Å². The highest BCUT2D eigenvalue weighted by molar-refractivity contribution is 7.89. The number of anilines is 2. The van der Waals surface area contributed by atoms with Gasteiger partial charge in [0.25, 0.3) is 0 Å². The first-order chi connectivity index (χ1) is 8.80. The average Bonchev–Trinajstić information content (AvgIpc) is 2.36. The standard InChI is InChI=1S/C13H23N3O2S/c1-5-10(2)9-15-11-7-6-8-12(13(11)14)19(17,18)16(3)4/h6-8,10,15H,5,9,14H2,1-4H3. The minimum atomic E-state index is -3.51. The maximum absolute atomic E-state index is 12.1. The van der Waals surface area contributed by atoms with E-state index in [-0.39, 0.29) is 10.6 Å². The second-order valence-corrected chi connectivity index (χ2v) is 7.02. The van der Waals surface area contributed by atoms with Crippen LogP contribution >= 0.6 is 0 Å². The van der Waals surface area contributed by atoms with Gasteiger partial charge in [0.05, 0.1) is 11.4 Å². The van der Waals surface area contributed by atoms with Gasteiger partial charge in [-0.05, 0) is 18.1 Å². The molecule has 0 radical (unpaired) electrons. The average molecular weight is 285 g/mol. The molecule has 1 atom stereocenters. The molecule has 0 fully saturated rings. The van der Waals surface area contributed by atoms with Gasteiger partial charge in [-0.25, -0.2) is 12.7 Å². The molecule has 0 bridgehead atoms. The van der Waals surface area contributed by atoms with E-state index in [2.05, 4.69) is 19.2 Å². The van der Waals surface area contributed by atoms with E-state index >= 15 is 0 Å². The van der Waals surface area contributed by atoms with Gasteiger partial charge in [0.15, 0.2) is 0 Å². The lowest BCUT2D eigenvalue weighted by Crippen LogP contribution is -2.23. The van der Waals surface area contributed by atoms with Crippen LogP contribution in [0, 0.1) is 5.92 Å². The Kier molecular flexibility index (Phi) is 5.20. The molecule has 19 heavy (non-hydrogen) atoms. The molecule has 0 spiro atoms. The van der Waals surface area contributed by atoms with Crippen LogP contribution in [0.2, 0.25) is 0 Å². The lowest BCUT2D eigenvalue weighted by atomic mass is 10.1. The van der Waals surface area contributed by atoms with E-state index in [9.17, 15) is 8.42 Å². The number of nitrogens with two attached hydrogens (primary N) is 1. The molecule has 1 aromatic carbocycles. The minimum absolute atomic E-state index is 0.145. The number of sulfonamides is 1. The third-order valence-electron chi connectivity index (χ3n) is 3.16. The van der Waals surface area contributed by atoms with Gasteiger partial charge >= 0.3 is 0 Å². The van der Waals surface area contributed by atoms with Crippen molar-refractivity contribution in [3.63, 3.8) is 0 Å². The van der Waals surface area contributed by atoms with Crippen molar-refractivity contribution in [3.05, 3.63) is 18.2 Å². The lowest BCUT2D eigenvalue weighted by Gasteiger charge is -2.17. The van der Waals surface area contributed by atoms with Crippen molar-refractivity contribution in [1.82, 2.24) is 4.31 Å². The predicted molar refractivity (Wildman–Crippen MR) is 79.7 cm³/mol. The molecule has 5 nitrogen and oxygen atoms in total. The first kappa shape index (κ1) is 15.8. The van der Waals surface area contributed by atoms with E-state index in [0.29, 0.717) is 11.6 Å². The van der Waals surface area contributed by atoms with Gasteiger partial charge in [0, 0.05) is 20.6 Å². The first-order valence-corrected chi connectivity index (χ1v) is 7.79. The quantitative estimate of drug-likeness (QED) is 0.784. The molecular weight excluding hydrogens is 262 g/mol. The number of nitrogen functional groups attached to an aromatic ring is 1. The fourth-order valence-corrected chi connectivity index (χ4v) is 2.58. The molecule has 0 saturated carbocycles. The van der Waals surface area contributed by atoms with Crippen molar-refractivity contribution in [1.29, 1.82) is 0 Å². The molecule has 0 saturated heterocycles. The van der Waals surface area contributed by atoms with Crippen LogP contribution in [0.1, 0.15) is 20.3 Å². The summed E-state index contributed by atoms with van der Waals surface area (Å²) in [5.41, 5.74) is 6.91. The summed E-state index contributed by atoms with van der Waals surface area (Å²) in [5, 5.41) is 3.21. The largest absolute Gasteiger partial charge is 0.396 e. The van der Waals surface area contributed by atoms with Gasteiger partial charge in [-0.2, -0.15) is 0 Å². The summed E-state index contributed by atoms with van der Waals surface area (Å²) in [6, 6.07) is 5.02. The molecule has 3 N–H and O–H groups in total. The molecule has 1 unspecified atom stereocenters. The van der Waals surface area contributed by atoms with Crippen LogP contribution < -0.4 is 11.1 Å². The molecule has 0 heterocycles. The monoisotopic (exact) mass is 285 g/mol. The van der Waals surface area contributed by atoms with Gasteiger partial charge < -0.3 is 11.1 Å². The van der Waals surface area contributed by atoms with E-state index in [4.69, 9.17) is 5.73 Å². The molecule has 6 heteroatoms. The second-order valence-electron chi connectivity index (χ2n) is 4.90. The molecule has 0 aliphatic carbocycles. The zero-order valence-corrected chi connectivity index (χ0v) is 12.8. The number of nitrogens with one attached hydrogen (secondary N) is 1. The van der Waals surface area contributed by atoms with Crippen LogP contribution in [0.15, 0.2) is 23.1 Å². The van der Waals surface area contributed by atoms with Crippen LogP contribution in [0.5, 0.6) is 0 Å². The maximum atomic E-state index is 12.1. The van der Waals surface area contributed by atoms with E-state index in [1.54, 1.807) is 12.1 Å². The normalized spacial score (nSPS) is 13.5. The summed E-state index contributed by atoms with van der Waals surface area (Å²) in [6.45, 7) is 5.01. The first-order valence-electron chi connectivity index (χ1n) is 6.35. The molecular formula is C13H23N3O2S. The van der Waals surface area contributed by atoms with Crippen molar-refractivity contribution in [2.75, 3.05) is 31.7 Å². The van der Waals surface area contributed by atoms with Gasteiger partial charge in [0.1, 0.15) is 4.90 Å². The number of hydrogen-bond donors (Lipinski definition) is 2. The van der Waals surface area contributed by atoms with Crippen LogP contribution in [-0.2, 0) is 10.0 Å². The number of rotatable bonds is 6. The minimum Gasteiger partial charge on any atom is -0.396 e. The number of nitrogens with zero attached hydrogens (tertiary/aromatic N) is 1. The Balaban J connectivity index is 3.06. The Labute approximate surface area is 115 Å². The lowest BCUT2D eigenvalue weighted by molar-refractivity contribution is 0.521. The highest BCUT2D eigenvalue weighted by atomic mass is 32.2. The van der Waals surface area contributed by atoms with Crippen molar-refractivity contribution < 1.29 is 8.42 Å². The topological polar surface area (TPSA) is 75.4 Å². The summed E-state index contributed by atoms with van der Waals surface area (Å²) in [4.78, 5) is 0.145. The Morgan fingerprint density at radius 1 is 1.37 bits per heavy atom. The van der Waals surface area contributed by atoms with Crippen molar-refractivity contribution >= 4 is 21.4 Å². The molecule has 0 aliphatic rings. The Morgan fingerprint density at radius 2 is 2.00 bits per heavy atom. The SMILES string of the molecule is CCC(C)CNc1cccc(S(=O)(=O)N(C)C)c1N. The number of hydrogen-bond acceptors (Lipinski definition) is 4. The molecule has 0 amide bonds. The second kappa shape index (κ2) is 6.25. The molecule has 1 rings (SSSR count). The summed E-state index contributed by atoms with van der Waals surface area (Å²) >= 11 is 0. The van der Waals surface area contributed by atoms with Gasteiger partial charge in [-0.15, -0.1) is 0 Å². The predicted octanol–water partition coefficient (Wildman–Crippen LogP) is 1.98. The number of para-hydroxylation sites is 1. The van der Waals surface area contributed by atoms with Crippen LogP contribution in [0.4, 0.5) is 11.4 Å². The molecule has 0 aromatic heterocycles. The van der Waals surface area contributed by atoms with E-state index < -0.39 is 10.0 Å². The van der Waals surface area contributed by atoms with E-state index in [0.717, 1.165) is 17.3 Å². The Hall–Kier alpha value is -1.27. The number of benzene rings is 1. The fraction of sp³-hybridized carbons (Fsp3) is 0.538. The third kappa shape index (κ3) is 3.61. The third-order valence-corrected chi connectivity index (χ3v) is 5.04. The van der Waals surface area contributed by atoms with Crippen molar-refractivity contribution in [3.8, 4) is 0 Å². The maximum Gasteiger partial charge on any atom is 0.244 e. The highest BCUT2D eigenvalue weighted by Gasteiger charge is 2.21. The smallest absolute Gasteiger partial charge is 0.244 e. The summed E-state index contributed by atoms with van der Waals surface area (Å²) in [5.74, 6) is 0.508. The van der Waals surface area contributed by atoms with E-state index in [1.165, 1.54) is 20.2 Å². The highest BCUT2D eigenvalue weighted by Crippen LogP contribution is 2.28. The molecule has 1 aromatic rings. The zero-order chi connectivity index (χ0) is 14.6. The Morgan fingerprint density at radius 3 is 2.53 bits per heavy atom. The summed E-state index contributed by atoms with van der Waals surface area (Å²) in [7, 11) is -0.518. The zero-order valence-electron chi connectivity index (χ0n) is 12.0. The van der Waals surface area contributed by atoms with E-state index in [1.807, 2.05) is 0 Å². The van der Waals surface area contributed by atoms with Crippen molar-refractivity contribution in [2.24, 2.45) is 5.92 Å². The van der Waals surface area contributed by atoms with Crippen LogP contribution in [0.3, 0.4) is 0 Å². The van der Waals surface area contributed by atoms with Gasteiger partial charge in [-0.3, -0.25) is 0 Å².